The average Bonchev–Trinajstić information content (AvgIpc) is 2.41. The van der Waals surface area contributed by atoms with Gasteiger partial charge in [0.2, 0.25) is 0 Å². The van der Waals surface area contributed by atoms with E-state index in [2.05, 4.69) is 17.6 Å². The Morgan fingerprint density at radius 3 is 2.80 bits per heavy atom. The first-order valence-electron chi connectivity index (χ1n) is 7.01. The summed E-state index contributed by atoms with van der Waals surface area (Å²) in [5.41, 5.74) is 0.793. The van der Waals surface area contributed by atoms with Crippen molar-refractivity contribution in [3.8, 4) is 5.75 Å². The number of thiocarbonyl (C=S) groups is 1. The molecule has 0 aliphatic heterocycles. The van der Waals surface area contributed by atoms with Crippen molar-refractivity contribution >= 4 is 34.6 Å². The molecule has 1 aromatic rings. The summed E-state index contributed by atoms with van der Waals surface area (Å²) in [6, 6.07) is 5.90. The van der Waals surface area contributed by atoms with Crippen LogP contribution in [0, 0.1) is 5.92 Å². The minimum atomic E-state index is 0.453. The Labute approximate surface area is 131 Å². The predicted octanol–water partition coefficient (Wildman–Crippen LogP) is 4.21. The predicted molar refractivity (Wildman–Crippen MR) is 88.8 cm³/mol. The molecule has 2 N–H and O–H groups in total. The summed E-state index contributed by atoms with van der Waals surface area (Å²) < 4.78 is 5.30. The van der Waals surface area contributed by atoms with Crippen molar-refractivity contribution in [2.45, 2.75) is 38.6 Å². The first-order valence-corrected chi connectivity index (χ1v) is 7.80. The van der Waals surface area contributed by atoms with E-state index in [9.17, 15) is 0 Å². The van der Waals surface area contributed by atoms with E-state index in [1.807, 2.05) is 12.1 Å². The summed E-state index contributed by atoms with van der Waals surface area (Å²) >= 11 is 11.4. The lowest BCUT2D eigenvalue weighted by Crippen LogP contribution is -2.43. The number of methoxy groups -OCH3 is 1. The van der Waals surface area contributed by atoms with Crippen molar-refractivity contribution in [2.75, 3.05) is 12.4 Å². The van der Waals surface area contributed by atoms with Crippen molar-refractivity contribution in [1.82, 2.24) is 5.32 Å². The lowest BCUT2D eigenvalue weighted by molar-refractivity contribution is 0.309. The summed E-state index contributed by atoms with van der Waals surface area (Å²) in [4.78, 5) is 0. The quantitative estimate of drug-likeness (QED) is 0.819. The molecule has 0 radical (unpaired) electrons. The highest BCUT2D eigenvalue weighted by Gasteiger charge is 2.21. The van der Waals surface area contributed by atoms with E-state index in [4.69, 9.17) is 28.6 Å². The van der Waals surface area contributed by atoms with Gasteiger partial charge in [0, 0.05) is 11.1 Å². The fourth-order valence-electron chi connectivity index (χ4n) is 2.64. The molecule has 1 saturated carbocycles. The number of rotatable bonds is 3. The SMILES string of the molecule is COc1ccc(Cl)cc1NC(=S)NC1CCCCC1C. The van der Waals surface area contributed by atoms with Crippen LogP contribution in [0.3, 0.4) is 0 Å². The molecular weight excluding hydrogens is 292 g/mol. The third kappa shape index (κ3) is 4.00. The summed E-state index contributed by atoms with van der Waals surface area (Å²) in [5, 5.41) is 7.87. The Kier molecular flexibility index (Phi) is 5.49. The van der Waals surface area contributed by atoms with Crippen molar-refractivity contribution < 1.29 is 4.74 Å². The van der Waals surface area contributed by atoms with Crippen molar-refractivity contribution in [3.63, 3.8) is 0 Å². The zero-order chi connectivity index (χ0) is 14.5. The maximum absolute atomic E-state index is 6.01. The Bertz CT molecular complexity index is 481. The largest absolute Gasteiger partial charge is 0.495 e. The molecule has 2 unspecified atom stereocenters. The van der Waals surface area contributed by atoms with Gasteiger partial charge in [0.1, 0.15) is 5.75 Å². The Hall–Kier alpha value is -1.00. The second-order valence-corrected chi connectivity index (χ2v) is 6.16. The van der Waals surface area contributed by atoms with Gasteiger partial charge in [-0.25, -0.2) is 0 Å². The van der Waals surface area contributed by atoms with Gasteiger partial charge in [-0.05, 0) is 49.2 Å². The maximum atomic E-state index is 6.01. The molecule has 0 spiro atoms. The van der Waals surface area contributed by atoms with E-state index >= 15 is 0 Å². The van der Waals surface area contributed by atoms with E-state index < -0.39 is 0 Å². The Morgan fingerprint density at radius 2 is 2.10 bits per heavy atom. The number of nitrogens with one attached hydrogen (secondary N) is 2. The molecule has 20 heavy (non-hydrogen) atoms. The third-order valence-corrected chi connectivity index (χ3v) is 4.29. The molecule has 0 amide bonds. The van der Waals surface area contributed by atoms with E-state index in [0.717, 1.165) is 11.4 Å². The summed E-state index contributed by atoms with van der Waals surface area (Å²) in [6.07, 6.45) is 5.03. The van der Waals surface area contributed by atoms with Gasteiger partial charge < -0.3 is 15.4 Å². The highest BCUT2D eigenvalue weighted by molar-refractivity contribution is 7.80. The molecule has 2 atom stereocenters. The van der Waals surface area contributed by atoms with Crippen molar-refractivity contribution in [3.05, 3.63) is 23.2 Å². The van der Waals surface area contributed by atoms with Gasteiger partial charge in [-0.3, -0.25) is 0 Å². The number of ether oxygens (including phenoxy) is 1. The first kappa shape index (κ1) is 15.4. The van der Waals surface area contributed by atoms with Crippen LogP contribution in [0.1, 0.15) is 32.6 Å². The molecule has 1 aliphatic carbocycles. The minimum Gasteiger partial charge on any atom is -0.495 e. The number of hydrogen-bond donors (Lipinski definition) is 2. The minimum absolute atomic E-state index is 0.453. The fraction of sp³-hybridized carbons (Fsp3) is 0.533. The lowest BCUT2D eigenvalue weighted by Gasteiger charge is -2.30. The van der Waals surface area contributed by atoms with Gasteiger partial charge in [-0.15, -0.1) is 0 Å². The Balaban J connectivity index is 1.99. The first-order chi connectivity index (χ1) is 9.60. The smallest absolute Gasteiger partial charge is 0.171 e. The number of hydrogen-bond acceptors (Lipinski definition) is 2. The van der Waals surface area contributed by atoms with Crippen molar-refractivity contribution in [2.24, 2.45) is 5.92 Å². The molecule has 0 bridgehead atoms. The van der Waals surface area contributed by atoms with Crippen molar-refractivity contribution in [1.29, 1.82) is 0 Å². The van der Waals surface area contributed by atoms with Crippen LogP contribution in [0.2, 0.25) is 5.02 Å². The molecule has 0 aromatic heterocycles. The molecule has 3 nitrogen and oxygen atoms in total. The van der Waals surface area contributed by atoms with Crippen LogP contribution in [-0.2, 0) is 0 Å². The van der Waals surface area contributed by atoms with Gasteiger partial charge in [-0.1, -0.05) is 31.4 Å². The van der Waals surface area contributed by atoms with Gasteiger partial charge in [0.25, 0.3) is 0 Å². The summed E-state index contributed by atoms with van der Waals surface area (Å²) in [6.45, 7) is 2.28. The van der Waals surface area contributed by atoms with Crippen LogP contribution in [0.25, 0.3) is 0 Å². The average molecular weight is 313 g/mol. The number of halogens is 1. The van der Waals surface area contributed by atoms with Crippen LogP contribution in [0.15, 0.2) is 18.2 Å². The fourth-order valence-corrected chi connectivity index (χ4v) is 3.07. The van der Waals surface area contributed by atoms with E-state index in [-0.39, 0.29) is 0 Å². The molecular formula is C15H21ClN2OS. The van der Waals surface area contributed by atoms with Crippen LogP contribution in [-0.4, -0.2) is 18.3 Å². The molecule has 0 heterocycles. The second-order valence-electron chi connectivity index (χ2n) is 5.31. The lowest BCUT2D eigenvalue weighted by atomic mass is 9.86. The third-order valence-electron chi connectivity index (χ3n) is 3.84. The van der Waals surface area contributed by atoms with E-state index in [0.29, 0.717) is 22.1 Å². The van der Waals surface area contributed by atoms with Gasteiger partial charge in [-0.2, -0.15) is 0 Å². The highest BCUT2D eigenvalue weighted by Crippen LogP contribution is 2.28. The molecule has 2 rings (SSSR count). The van der Waals surface area contributed by atoms with Crippen LogP contribution in [0.5, 0.6) is 5.75 Å². The van der Waals surface area contributed by atoms with Crippen LogP contribution < -0.4 is 15.4 Å². The number of benzene rings is 1. The van der Waals surface area contributed by atoms with E-state index in [1.165, 1.54) is 25.7 Å². The molecule has 1 fully saturated rings. The molecule has 5 heteroatoms. The topological polar surface area (TPSA) is 33.3 Å². The molecule has 1 aromatic carbocycles. The van der Waals surface area contributed by atoms with Crippen LogP contribution >= 0.6 is 23.8 Å². The molecule has 1 aliphatic rings. The molecule has 0 saturated heterocycles. The van der Waals surface area contributed by atoms with E-state index in [1.54, 1.807) is 13.2 Å². The monoisotopic (exact) mass is 312 g/mol. The summed E-state index contributed by atoms with van der Waals surface area (Å²) in [5.74, 6) is 1.39. The second kappa shape index (κ2) is 7.14. The highest BCUT2D eigenvalue weighted by atomic mass is 35.5. The van der Waals surface area contributed by atoms with Gasteiger partial charge in [0.15, 0.2) is 5.11 Å². The standard InChI is InChI=1S/C15H21ClN2OS/c1-10-5-3-4-6-12(10)17-15(20)18-13-9-11(16)7-8-14(13)19-2/h7-10,12H,3-6H2,1-2H3,(H2,17,18,20). The molecule has 110 valence electrons. The number of anilines is 1. The normalized spacial score (nSPS) is 22.1. The zero-order valence-corrected chi connectivity index (χ0v) is 13.5. The van der Waals surface area contributed by atoms with Crippen LogP contribution in [0.4, 0.5) is 5.69 Å². The summed E-state index contributed by atoms with van der Waals surface area (Å²) in [7, 11) is 1.63. The van der Waals surface area contributed by atoms with Gasteiger partial charge in [0.05, 0.1) is 12.8 Å². The maximum Gasteiger partial charge on any atom is 0.171 e. The Morgan fingerprint density at radius 1 is 1.35 bits per heavy atom. The van der Waals surface area contributed by atoms with Gasteiger partial charge >= 0.3 is 0 Å². The zero-order valence-electron chi connectivity index (χ0n) is 11.9.